The molecule has 0 aliphatic rings. The summed E-state index contributed by atoms with van der Waals surface area (Å²) in [7, 11) is 3.15. The van der Waals surface area contributed by atoms with Crippen molar-refractivity contribution in [2.45, 2.75) is 39.7 Å². The Morgan fingerprint density at radius 1 is 1.05 bits per heavy atom. The third kappa shape index (κ3) is 6.97. The van der Waals surface area contributed by atoms with Gasteiger partial charge in [0.25, 0.3) is 5.91 Å². The fraction of sp³-hybridized carbons (Fsp3) is 0.357. The van der Waals surface area contributed by atoms with Crippen LogP contribution in [0.5, 0.6) is 11.5 Å². The van der Waals surface area contributed by atoms with Gasteiger partial charge in [0.15, 0.2) is 5.69 Å². The lowest BCUT2D eigenvalue weighted by Crippen LogP contribution is -2.40. The summed E-state index contributed by atoms with van der Waals surface area (Å²) in [5.74, 6) is 0.674. The van der Waals surface area contributed by atoms with Crippen LogP contribution >= 0.6 is 0 Å². The second-order valence-corrected chi connectivity index (χ2v) is 9.17. The first kappa shape index (κ1) is 27.4. The van der Waals surface area contributed by atoms with Crippen molar-refractivity contribution < 1.29 is 23.9 Å². The van der Waals surface area contributed by atoms with E-state index in [1.165, 1.54) is 0 Å². The minimum atomic E-state index is -0.423. The number of aromatic nitrogens is 2. The maximum atomic E-state index is 13.4. The number of rotatable bonds is 12. The van der Waals surface area contributed by atoms with Crippen molar-refractivity contribution in [3.63, 3.8) is 0 Å². The molecule has 0 saturated heterocycles. The number of carbonyl (C=O) groups is 3. The molecule has 37 heavy (non-hydrogen) atoms. The Hall–Kier alpha value is -4.14. The molecule has 0 spiro atoms. The molecule has 2 N–H and O–H groups in total. The number of aldehydes is 1. The van der Waals surface area contributed by atoms with Gasteiger partial charge in [0.2, 0.25) is 5.91 Å². The summed E-state index contributed by atoms with van der Waals surface area (Å²) in [6.07, 6.45) is 1.27. The standard InChI is InChI=1S/C28H34N4O5/c1-18(2)15-20(16-26(34)29-13-14-33)30-28(35)22-17-23(27-24(36-4)7-6-8-25(27)37-5)32(31-22)21-11-9-19(3)10-12-21/h6-12,14,17-18,20H,13,15-16H2,1-5H3,(H,29,34)(H,30,35). The van der Waals surface area contributed by atoms with Crippen molar-refractivity contribution in [2.75, 3.05) is 20.8 Å². The maximum absolute atomic E-state index is 13.4. The third-order valence-corrected chi connectivity index (χ3v) is 5.81. The van der Waals surface area contributed by atoms with Crippen molar-refractivity contribution >= 4 is 18.1 Å². The molecule has 1 atom stereocenters. The molecule has 1 unspecified atom stereocenters. The summed E-state index contributed by atoms with van der Waals surface area (Å²) in [6, 6.07) is 14.5. The number of benzene rings is 2. The van der Waals surface area contributed by atoms with Gasteiger partial charge in [0.1, 0.15) is 17.8 Å². The highest BCUT2D eigenvalue weighted by molar-refractivity contribution is 5.95. The van der Waals surface area contributed by atoms with Crippen LogP contribution in [0.3, 0.4) is 0 Å². The second kappa shape index (κ2) is 12.7. The third-order valence-electron chi connectivity index (χ3n) is 5.81. The fourth-order valence-electron chi connectivity index (χ4n) is 4.13. The van der Waals surface area contributed by atoms with Crippen LogP contribution in [0.4, 0.5) is 0 Å². The Morgan fingerprint density at radius 2 is 1.70 bits per heavy atom. The molecule has 9 nitrogen and oxygen atoms in total. The molecule has 1 aromatic heterocycles. The van der Waals surface area contributed by atoms with E-state index in [1.807, 2.05) is 63.2 Å². The van der Waals surface area contributed by atoms with E-state index in [9.17, 15) is 14.4 Å². The topological polar surface area (TPSA) is 112 Å². The molecule has 0 aliphatic carbocycles. The van der Waals surface area contributed by atoms with Crippen LogP contribution in [0.1, 0.15) is 42.7 Å². The van der Waals surface area contributed by atoms with Crippen LogP contribution in [0.15, 0.2) is 48.5 Å². The minimum absolute atomic E-state index is 0.0591. The zero-order valence-corrected chi connectivity index (χ0v) is 21.9. The number of amides is 2. The predicted molar refractivity (Wildman–Crippen MR) is 141 cm³/mol. The zero-order chi connectivity index (χ0) is 26.9. The Labute approximate surface area is 217 Å². The van der Waals surface area contributed by atoms with Gasteiger partial charge in [-0.1, -0.05) is 37.6 Å². The summed E-state index contributed by atoms with van der Waals surface area (Å²) in [6.45, 7) is 5.96. The van der Waals surface area contributed by atoms with E-state index in [1.54, 1.807) is 25.0 Å². The summed E-state index contributed by atoms with van der Waals surface area (Å²) < 4.78 is 12.9. The number of aryl methyl sites for hydroxylation is 1. The number of methoxy groups -OCH3 is 2. The van der Waals surface area contributed by atoms with Crippen LogP contribution in [0.2, 0.25) is 0 Å². The van der Waals surface area contributed by atoms with Crippen LogP contribution in [0, 0.1) is 12.8 Å². The van der Waals surface area contributed by atoms with E-state index in [0.29, 0.717) is 35.5 Å². The molecule has 9 heteroatoms. The van der Waals surface area contributed by atoms with Gasteiger partial charge in [0, 0.05) is 12.5 Å². The van der Waals surface area contributed by atoms with Gasteiger partial charge >= 0.3 is 0 Å². The average molecular weight is 507 g/mol. The van der Waals surface area contributed by atoms with Crippen LogP contribution in [0.25, 0.3) is 16.9 Å². The second-order valence-electron chi connectivity index (χ2n) is 9.17. The molecule has 0 aliphatic heterocycles. The number of hydrogen-bond acceptors (Lipinski definition) is 6. The summed E-state index contributed by atoms with van der Waals surface area (Å²) in [4.78, 5) is 36.2. The molecule has 2 aromatic carbocycles. The zero-order valence-electron chi connectivity index (χ0n) is 21.9. The van der Waals surface area contributed by atoms with Crippen molar-refractivity contribution in [1.82, 2.24) is 20.4 Å². The number of carbonyl (C=O) groups excluding carboxylic acids is 3. The van der Waals surface area contributed by atoms with Gasteiger partial charge in [-0.15, -0.1) is 0 Å². The molecule has 1 heterocycles. The summed E-state index contributed by atoms with van der Waals surface area (Å²) in [5.41, 5.74) is 3.32. The van der Waals surface area contributed by atoms with E-state index < -0.39 is 11.9 Å². The number of hydrogen-bond donors (Lipinski definition) is 2. The molecule has 2 amide bonds. The molecule has 3 aromatic rings. The monoisotopic (exact) mass is 506 g/mol. The first-order valence-electron chi connectivity index (χ1n) is 12.2. The first-order valence-corrected chi connectivity index (χ1v) is 12.2. The number of ether oxygens (including phenoxy) is 2. The fourth-order valence-corrected chi connectivity index (χ4v) is 4.13. The molecule has 0 saturated carbocycles. The van der Waals surface area contributed by atoms with E-state index >= 15 is 0 Å². The number of nitrogens with one attached hydrogen (secondary N) is 2. The first-order chi connectivity index (χ1) is 17.8. The van der Waals surface area contributed by atoms with Gasteiger partial charge in [-0.05, 0) is 49.6 Å². The van der Waals surface area contributed by atoms with Crippen molar-refractivity contribution in [1.29, 1.82) is 0 Å². The van der Waals surface area contributed by atoms with Crippen molar-refractivity contribution in [3.05, 3.63) is 59.8 Å². The van der Waals surface area contributed by atoms with Gasteiger partial charge in [-0.25, -0.2) is 4.68 Å². The summed E-state index contributed by atoms with van der Waals surface area (Å²) >= 11 is 0. The molecule has 0 bridgehead atoms. The lowest BCUT2D eigenvalue weighted by atomic mass is 10.0. The SMILES string of the molecule is COc1cccc(OC)c1-c1cc(C(=O)NC(CC(=O)NCC=O)CC(C)C)nn1-c1ccc(C)cc1. The lowest BCUT2D eigenvalue weighted by Gasteiger charge is -2.19. The van der Waals surface area contributed by atoms with Gasteiger partial charge < -0.3 is 24.9 Å². The molecule has 196 valence electrons. The van der Waals surface area contributed by atoms with Gasteiger partial charge in [-0.2, -0.15) is 5.10 Å². The molecule has 3 rings (SSSR count). The van der Waals surface area contributed by atoms with Gasteiger partial charge in [-0.3, -0.25) is 9.59 Å². The van der Waals surface area contributed by atoms with Crippen LogP contribution < -0.4 is 20.1 Å². The quantitative estimate of drug-likeness (QED) is 0.362. The molecule has 0 fully saturated rings. The van der Waals surface area contributed by atoms with Crippen LogP contribution in [-0.4, -0.2) is 54.7 Å². The molecular formula is C28H34N4O5. The Balaban J connectivity index is 2.03. The smallest absolute Gasteiger partial charge is 0.272 e. The Kier molecular flexibility index (Phi) is 9.43. The van der Waals surface area contributed by atoms with E-state index in [2.05, 4.69) is 15.7 Å². The van der Waals surface area contributed by atoms with E-state index in [-0.39, 0.29) is 30.5 Å². The summed E-state index contributed by atoms with van der Waals surface area (Å²) in [5, 5.41) is 10.1. The normalized spacial score (nSPS) is 11.6. The highest BCUT2D eigenvalue weighted by atomic mass is 16.5. The highest BCUT2D eigenvalue weighted by Gasteiger charge is 2.24. The van der Waals surface area contributed by atoms with Crippen LogP contribution in [-0.2, 0) is 9.59 Å². The maximum Gasteiger partial charge on any atom is 0.272 e. The largest absolute Gasteiger partial charge is 0.496 e. The Morgan fingerprint density at radius 3 is 2.27 bits per heavy atom. The highest BCUT2D eigenvalue weighted by Crippen LogP contribution is 2.39. The minimum Gasteiger partial charge on any atom is -0.496 e. The van der Waals surface area contributed by atoms with E-state index in [0.717, 1.165) is 11.3 Å². The number of nitrogens with zero attached hydrogens (tertiary/aromatic N) is 2. The van der Waals surface area contributed by atoms with Crippen molar-refractivity contribution in [3.8, 4) is 28.4 Å². The van der Waals surface area contributed by atoms with E-state index in [4.69, 9.17) is 9.47 Å². The molecule has 0 radical (unpaired) electrons. The Bertz CT molecular complexity index is 1210. The van der Waals surface area contributed by atoms with Gasteiger partial charge in [0.05, 0.1) is 37.7 Å². The predicted octanol–water partition coefficient (Wildman–Crippen LogP) is 3.71. The average Bonchev–Trinajstić information content (AvgIpc) is 3.32. The molecular weight excluding hydrogens is 472 g/mol. The van der Waals surface area contributed by atoms with Crippen molar-refractivity contribution in [2.24, 2.45) is 5.92 Å². The lowest BCUT2D eigenvalue weighted by molar-refractivity contribution is -0.123.